The summed E-state index contributed by atoms with van der Waals surface area (Å²) in [6.07, 6.45) is 0. The lowest BCUT2D eigenvalue weighted by Crippen LogP contribution is -2.54. The van der Waals surface area contributed by atoms with Crippen LogP contribution in [0.5, 0.6) is 0 Å². The van der Waals surface area contributed by atoms with E-state index < -0.39 is 16.8 Å². The SMILES string of the molecule is CC1(C)SCC(C(=O)OCc2cccc(F)c2)NC1=O. The van der Waals surface area contributed by atoms with E-state index in [0.29, 0.717) is 11.3 Å². The molecule has 0 saturated carbocycles. The largest absolute Gasteiger partial charge is 0.459 e. The van der Waals surface area contributed by atoms with Gasteiger partial charge in [0.25, 0.3) is 0 Å². The number of esters is 1. The highest BCUT2D eigenvalue weighted by Gasteiger charge is 2.38. The van der Waals surface area contributed by atoms with Crippen molar-refractivity contribution in [1.82, 2.24) is 5.32 Å². The summed E-state index contributed by atoms with van der Waals surface area (Å²) in [5, 5.41) is 2.65. The highest BCUT2D eigenvalue weighted by atomic mass is 32.2. The van der Waals surface area contributed by atoms with Crippen LogP contribution in [0, 0.1) is 5.82 Å². The van der Waals surface area contributed by atoms with Crippen LogP contribution in [0.2, 0.25) is 0 Å². The van der Waals surface area contributed by atoms with Crippen molar-refractivity contribution in [3.8, 4) is 0 Å². The average molecular weight is 297 g/mol. The average Bonchev–Trinajstić information content (AvgIpc) is 2.39. The number of carbonyl (C=O) groups is 2. The third-order valence-electron chi connectivity index (χ3n) is 3.02. The lowest BCUT2D eigenvalue weighted by Gasteiger charge is -2.32. The van der Waals surface area contributed by atoms with Gasteiger partial charge in [-0.25, -0.2) is 9.18 Å². The Bertz CT molecular complexity index is 533. The summed E-state index contributed by atoms with van der Waals surface area (Å²) < 4.78 is 17.6. The Morgan fingerprint density at radius 2 is 2.30 bits per heavy atom. The van der Waals surface area contributed by atoms with E-state index in [1.165, 1.54) is 23.9 Å². The zero-order valence-corrected chi connectivity index (χ0v) is 12.1. The fraction of sp³-hybridized carbons (Fsp3) is 0.429. The van der Waals surface area contributed by atoms with Crippen molar-refractivity contribution in [2.75, 3.05) is 5.75 Å². The van der Waals surface area contributed by atoms with E-state index in [2.05, 4.69) is 5.32 Å². The Morgan fingerprint density at radius 3 is 2.95 bits per heavy atom. The number of nitrogens with one attached hydrogen (secondary N) is 1. The molecular formula is C14H16FNO3S. The fourth-order valence-corrected chi connectivity index (χ4v) is 2.73. The van der Waals surface area contributed by atoms with Crippen molar-refractivity contribution in [2.24, 2.45) is 0 Å². The van der Waals surface area contributed by atoms with Crippen LogP contribution >= 0.6 is 11.8 Å². The van der Waals surface area contributed by atoms with Crippen LogP contribution in [0.15, 0.2) is 24.3 Å². The molecule has 0 spiro atoms. The summed E-state index contributed by atoms with van der Waals surface area (Å²) in [5.74, 6) is -0.574. The van der Waals surface area contributed by atoms with Gasteiger partial charge < -0.3 is 10.1 Å². The minimum atomic E-state index is -0.644. The molecule has 1 atom stereocenters. The lowest BCUT2D eigenvalue weighted by atomic mass is 10.1. The molecular weight excluding hydrogens is 281 g/mol. The van der Waals surface area contributed by atoms with Gasteiger partial charge >= 0.3 is 5.97 Å². The van der Waals surface area contributed by atoms with Crippen LogP contribution in [0.3, 0.4) is 0 Å². The first-order chi connectivity index (χ1) is 9.38. The number of hydrogen-bond donors (Lipinski definition) is 1. The quantitative estimate of drug-likeness (QED) is 0.866. The first-order valence-electron chi connectivity index (χ1n) is 6.24. The van der Waals surface area contributed by atoms with Gasteiger partial charge in [-0.3, -0.25) is 4.79 Å². The van der Waals surface area contributed by atoms with Crippen LogP contribution in [0.1, 0.15) is 19.4 Å². The van der Waals surface area contributed by atoms with Gasteiger partial charge in [0.05, 0.1) is 4.75 Å². The maximum absolute atomic E-state index is 13.0. The second-order valence-corrected chi connectivity index (χ2v) is 6.73. The van der Waals surface area contributed by atoms with E-state index in [1.807, 2.05) is 0 Å². The maximum Gasteiger partial charge on any atom is 0.329 e. The van der Waals surface area contributed by atoms with Crippen molar-refractivity contribution in [3.05, 3.63) is 35.6 Å². The lowest BCUT2D eigenvalue weighted by molar-refractivity contribution is -0.148. The molecule has 1 aliphatic heterocycles. The molecule has 1 amide bonds. The van der Waals surface area contributed by atoms with E-state index in [1.54, 1.807) is 26.0 Å². The molecule has 2 rings (SSSR count). The summed E-state index contributed by atoms with van der Waals surface area (Å²) in [6, 6.07) is 5.22. The van der Waals surface area contributed by atoms with Gasteiger partial charge in [0, 0.05) is 5.75 Å². The first kappa shape index (κ1) is 14.8. The number of thioether (sulfide) groups is 1. The zero-order chi connectivity index (χ0) is 14.8. The normalized spacial score (nSPS) is 21.1. The predicted molar refractivity (Wildman–Crippen MR) is 74.7 cm³/mol. The van der Waals surface area contributed by atoms with Crippen LogP contribution in [0.25, 0.3) is 0 Å². The van der Waals surface area contributed by atoms with Gasteiger partial charge in [-0.05, 0) is 31.5 Å². The third kappa shape index (κ3) is 3.50. The number of ether oxygens (including phenoxy) is 1. The monoisotopic (exact) mass is 297 g/mol. The second-order valence-electron chi connectivity index (χ2n) is 5.08. The second kappa shape index (κ2) is 5.83. The minimum Gasteiger partial charge on any atom is -0.459 e. The van der Waals surface area contributed by atoms with Crippen molar-refractivity contribution in [3.63, 3.8) is 0 Å². The van der Waals surface area contributed by atoms with Gasteiger partial charge in [0.15, 0.2) is 0 Å². The van der Waals surface area contributed by atoms with Crippen LogP contribution in [-0.2, 0) is 20.9 Å². The Labute approximate surface area is 121 Å². The summed E-state index contributed by atoms with van der Waals surface area (Å²) >= 11 is 1.42. The summed E-state index contributed by atoms with van der Waals surface area (Å²) in [6.45, 7) is 3.61. The van der Waals surface area contributed by atoms with Gasteiger partial charge in [-0.2, -0.15) is 0 Å². The number of amides is 1. The highest BCUT2D eigenvalue weighted by molar-refractivity contribution is 8.01. The first-order valence-corrected chi connectivity index (χ1v) is 7.23. The summed E-state index contributed by atoms with van der Waals surface area (Å²) in [4.78, 5) is 23.6. The van der Waals surface area contributed by atoms with E-state index in [4.69, 9.17) is 4.74 Å². The molecule has 0 radical (unpaired) electrons. The standard InChI is InChI=1S/C14H16FNO3S/c1-14(2)13(18)16-11(8-20-14)12(17)19-7-9-4-3-5-10(15)6-9/h3-6,11H,7-8H2,1-2H3,(H,16,18). The predicted octanol–water partition coefficient (Wildman–Crippen LogP) is 1.88. The molecule has 0 aliphatic carbocycles. The topological polar surface area (TPSA) is 55.4 Å². The number of halogens is 1. The Kier molecular flexibility index (Phi) is 4.32. The molecule has 20 heavy (non-hydrogen) atoms. The minimum absolute atomic E-state index is 0.00295. The van der Waals surface area contributed by atoms with Crippen LogP contribution < -0.4 is 5.32 Å². The fourth-order valence-electron chi connectivity index (χ4n) is 1.74. The van der Waals surface area contributed by atoms with Gasteiger partial charge in [-0.15, -0.1) is 11.8 Å². The van der Waals surface area contributed by atoms with Crippen molar-refractivity contribution >= 4 is 23.6 Å². The van der Waals surface area contributed by atoms with Crippen molar-refractivity contribution in [2.45, 2.75) is 31.2 Å². The Balaban J connectivity index is 1.88. The number of rotatable bonds is 3. The Hall–Kier alpha value is -1.56. The molecule has 6 heteroatoms. The number of carbonyl (C=O) groups excluding carboxylic acids is 2. The van der Waals surface area contributed by atoms with E-state index in [0.717, 1.165) is 0 Å². The molecule has 1 N–H and O–H groups in total. The Morgan fingerprint density at radius 1 is 1.55 bits per heavy atom. The molecule has 1 unspecified atom stereocenters. The van der Waals surface area contributed by atoms with Gasteiger partial charge in [0.2, 0.25) is 5.91 Å². The molecule has 1 saturated heterocycles. The van der Waals surface area contributed by atoms with E-state index in [9.17, 15) is 14.0 Å². The zero-order valence-electron chi connectivity index (χ0n) is 11.3. The van der Waals surface area contributed by atoms with E-state index >= 15 is 0 Å². The van der Waals surface area contributed by atoms with Gasteiger partial charge in [0.1, 0.15) is 18.5 Å². The molecule has 1 aromatic carbocycles. The smallest absolute Gasteiger partial charge is 0.329 e. The molecule has 4 nitrogen and oxygen atoms in total. The van der Waals surface area contributed by atoms with E-state index in [-0.39, 0.29) is 18.3 Å². The molecule has 108 valence electrons. The summed E-state index contributed by atoms with van der Waals surface area (Å²) in [5.41, 5.74) is 0.577. The van der Waals surface area contributed by atoms with Crippen LogP contribution in [0.4, 0.5) is 4.39 Å². The number of benzene rings is 1. The molecule has 1 aliphatic rings. The summed E-state index contributed by atoms with van der Waals surface area (Å²) in [7, 11) is 0. The molecule has 1 heterocycles. The maximum atomic E-state index is 13.0. The highest BCUT2D eigenvalue weighted by Crippen LogP contribution is 2.29. The van der Waals surface area contributed by atoms with Crippen LogP contribution in [-0.4, -0.2) is 28.4 Å². The number of hydrogen-bond acceptors (Lipinski definition) is 4. The van der Waals surface area contributed by atoms with Crippen molar-refractivity contribution < 1.29 is 18.7 Å². The molecule has 0 bridgehead atoms. The molecule has 1 aromatic rings. The third-order valence-corrected chi connectivity index (χ3v) is 4.42. The van der Waals surface area contributed by atoms with Crippen molar-refractivity contribution in [1.29, 1.82) is 0 Å². The molecule has 1 fully saturated rings. The molecule has 0 aromatic heterocycles. The van der Waals surface area contributed by atoms with Gasteiger partial charge in [-0.1, -0.05) is 12.1 Å².